The molecule has 2 atom stereocenters. The van der Waals surface area contributed by atoms with Gasteiger partial charge in [0.2, 0.25) is 0 Å². The Labute approximate surface area is 130 Å². The first-order valence-corrected chi connectivity index (χ1v) is 8.61. The molecular weight excluding hydrogens is 284 g/mol. The van der Waals surface area contributed by atoms with Gasteiger partial charge in [-0.05, 0) is 32.1 Å². The van der Waals surface area contributed by atoms with E-state index in [0.717, 1.165) is 30.4 Å². The van der Waals surface area contributed by atoms with E-state index in [0.29, 0.717) is 10.7 Å². The highest BCUT2D eigenvalue weighted by Gasteiger charge is 2.22. The molecule has 1 fully saturated rings. The molecule has 0 aromatic carbocycles. The van der Waals surface area contributed by atoms with E-state index in [4.69, 9.17) is 5.73 Å². The number of thiazole rings is 1. The van der Waals surface area contributed by atoms with Crippen LogP contribution in [0.3, 0.4) is 0 Å². The monoisotopic (exact) mass is 310 g/mol. The number of anilines is 2. The van der Waals surface area contributed by atoms with Crippen molar-refractivity contribution in [3.63, 3.8) is 0 Å². The van der Waals surface area contributed by atoms with Crippen molar-refractivity contribution in [2.24, 2.45) is 5.92 Å². The van der Waals surface area contributed by atoms with Crippen LogP contribution in [-0.4, -0.2) is 30.5 Å². The topological polar surface area (TPSA) is 71.2 Å². The van der Waals surface area contributed by atoms with Gasteiger partial charge in [-0.2, -0.15) is 0 Å². The second-order valence-corrected chi connectivity index (χ2v) is 6.99. The van der Waals surface area contributed by atoms with Crippen molar-refractivity contribution in [1.82, 2.24) is 10.3 Å². The minimum atomic E-state index is -0.0692. The number of carbonyl (C=O) groups is 1. The predicted octanol–water partition coefficient (Wildman–Crippen LogP) is 2.88. The largest absolute Gasteiger partial charge is 0.382 e. The summed E-state index contributed by atoms with van der Waals surface area (Å²) in [5.41, 5.74) is 5.90. The Morgan fingerprint density at radius 1 is 1.43 bits per heavy atom. The first kappa shape index (κ1) is 16.1. The highest BCUT2D eigenvalue weighted by molar-refractivity contribution is 7.18. The summed E-state index contributed by atoms with van der Waals surface area (Å²) in [5, 5.41) is 3.94. The van der Waals surface area contributed by atoms with E-state index < -0.39 is 0 Å². The number of amides is 1. The third-order valence-corrected chi connectivity index (χ3v) is 5.43. The van der Waals surface area contributed by atoms with Crippen LogP contribution in [0.15, 0.2) is 0 Å². The number of nitrogens with two attached hydrogens (primary N) is 1. The van der Waals surface area contributed by atoms with Gasteiger partial charge in [0.05, 0.1) is 0 Å². The fourth-order valence-electron chi connectivity index (χ4n) is 2.66. The molecule has 2 rings (SSSR count). The lowest BCUT2D eigenvalue weighted by Crippen LogP contribution is -2.34. The molecule has 6 heteroatoms. The number of aromatic nitrogens is 1. The lowest BCUT2D eigenvalue weighted by atomic mass is 10.0. The van der Waals surface area contributed by atoms with E-state index in [1.165, 1.54) is 30.6 Å². The minimum absolute atomic E-state index is 0.0692. The Bertz CT molecular complexity index is 488. The molecule has 5 nitrogen and oxygen atoms in total. The van der Waals surface area contributed by atoms with E-state index in [1.807, 2.05) is 18.9 Å². The molecule has 1 aliphatic carbocycles. The summed E-state index contributed by atoms with van der Waals surface area (Å²) in [4.78, 5) is 19.2. The molecular formula is C15H26N4OS. The van der Waals surface area contributed by atoms with E-state index in [2.05, 4.69) is 17.2 Å². The van der Waals surface area contributed by atoms with E-state index in [1.54, 1.807) is 0 Å². The molecule has 1 heterocycles. The Balaban J connectivity index is 2.01. The normalized spacial score (nSPS) is 22.6. The van der Waals surface area contributed by atoms with Gasteiger partial charge in [-0.25, -0.2) is 4.98 Å². The van der Waals surface area contributed by atoms with Gasteiger partial charge >= 0.3 is 0 Å². The predicted molar refractivity (Wildman–Crippen MR) is 89.0 cm³/mol. The summed E-state index contributed by atoms with van der Waals surface area (Å²) in [6, 6.07) is 0.274. The number of hydrogen-bond donors (Lipinski definition) is 2. The van der Waals surface area contributed by atoms with Crippen LogP contribution < -0.4 is 16.0 Å². The first-order chi connectivity index (χ1) is 10.0. The van der Waals surface area contributed by atoms with Crippen LogP contribution >= 0.6 is 11.3 Å². The summed E-state index contributed by atoms with van der Waals surface area (Å²) in [7, 11) is 1.95. The van der Waals surface area contributed by atoms with Crippen molar-refractivity contribution >= 4 is 28.2 Å². The molecule has 118 valence electrons. The van der Waals surface area contributed by atoms with Crippen LogP contribution in [0, 0.1) is 5.92 Å². The van der Waals surface area contributed by atoms with Crippen molar-refractivity contribution in [1.29, 1.82) is 0 Å². The molecule has 0 saturated heterocycles. The summed E-state index contributed by atoms with van der Waals surface area (Å²) in [6.07, 6.45) is 5.77. The number of hydrogen-bond acceptors (Lipinski definition) is 5. The van der Waals surface area contributed by atoms with Gasteiger partial charge in [0.1, 0.15) is 10.7 Å². The molecule has 0 spiro atoms. The number of rotatable bonds is 4. The third kappa shape index (κ3) is 4.09. The van der Waals surface area contributed by atoms with Crippen LogP contribution in [0.2, 0.25) is 0 Å². The van der Waals surface area contributed by atoms with Gasteiger partial charge in [0, 0.05) is 19.6 Å². The quantitative estimate of drug-likeness (QED) is 0.839. The van der Waals surface area contributed by atoms with Crippen LogP contribution in [0.5, 0.6) is 0 Å². The number of nitrogen functional groups attached to an aromatic ring is 1. The third-order valence-electron chi connectivity index (χ3n) is 4.24. The smallest absolute Gasteiger partial charge is 0.265 e. The molecule has 21 heavy (non-hydrogen) atoms. The lowest BCUT2D eigenvalue weighted by Gasteiger charge is -2.15. The Morgan fingerprint density at radius 3 is 2.90 bits per heavy atom. The average molecular weight is 310 g/mol. The van der Waals surface area contributed by atoms with Gasteiger partial charge in [-0.15, -0.1) is 0 Å². The fourth-order valence-corrected chi connectivity index (χ4v) is 3.58. The zero-order valence-corrected chi connectivity index (χ0v) is 14.0. The van der Waals surface area contributed by atoms with Crippen molar-refractivity contribution in [3.8, 4) is 0 Å². The molecule has 0 radical (unpaired) electrons. The maximum Gasteiger partial charge on any atom is 0.265 e. The average Bonchev–Trinajstić information content (AvgIpc) is 2.74. The maximum absolute atomic E-state index is 12.4. The number of carbonyl (C=O) groups excluding carboxylic acids is 1. The maximum atomic E-state index is 12.4. The van der Waals surface area contributed by atoms with E-state index >= 15 is 0 Å². The zero-order chi connectivity index (χ0) is 15.4. The Morgan fingerprint density at radius 2 is 2.19 bits per heavy atom. The lowest BCUT2D eigenvalue weighted by molar-refractivity contribution is 0.0938. The summed E-state index contributed by atoms with van der Waals surface area (Å²) >= 11 is 1.37. The van der Waals surface area contributed by atoms with Crippen molar-refractivity contribution < 1.29 is 4.79 Å². The first-order valence-electron chi connectivity index (χ1n) is 7.79. The minimum Gasteiger partial charge on any atom is -0.382 e. The molecule has 3 N–H and O–H groups in total. The van der Waals surface area contributed by atoms with Crippen molar-refractivity contribution in [3.05, 3.63) is 4.88 Å². The Hall–Kier alpha value is -1.30. The second-order valence-electron chi connectivity index (χ2n) is 6.01. The van der Waals surface area contributed by atoms with Gasteiger partial charge < -0.3 is 16.0 Å². The van der Waals surface area contributed by atoms with Crippen molar-refractivity contribution in [2.45, 2.75) is 52.0 Å². The van der Waals surface area contributed by atoms with Gasteiger partial charge in [0.25, 0.3) is 5.91 Å². The Kier molecular flexibility index (Phi) is 5.45. The SMILES string of the molecule is CCN(C)c1nc(N)c(C(=O)NC2CCCC(C)CC2)s1. The number of nitrogens with zero attached hydrogens (tertiary/aromatic N) is 2. The van der Waals surface area contributed by atoms with Crippen LogP contribution in [0.1, 0.15) is 55.6 Å². The molecule has 1 saturated carbocycles. The standard InChI is InChI=1S/C15H26N4OS/c1-4-19(3)15-18-13(16)12(21-15)14(20)17-11-7-5-6-10(2)8-9-11/h10-11H,4-9,16H2,1-3H3,(H,17,20). The summed E-state index contributed by atoms with van der Waals surface area (Å²) in [6.45, 7) is 5.18. The molecule has 1 amide bonds. The molecule has 0 bridgehead atoms. The summed E-state index contributed by atoms with van der Waals surface area (Å²) in [5.74, 6) is 1.04. The fraction of sp³-hybridized carbons (Fsp3) is 0.733. The summed E-state index contributed by atoms with van der Waals surface area (Å²) < 4.78 is 0. The van der Waals surface area contributed by atoms with Gasteiger partial charge in [-0.3, -0.25) is 4.79 Å². The van der Waals surface area contributed by atoms with Crippen molar-refractivity contribution in [2.75, 3.05) is 24.2 Å². The van der Waals surface area contributed by atoms with Gasteiger partial charge in [-0.1, -0.05) is 31.1 Å². The molecule has 1 aromatic rings. The molecule has 0 aliphatic heterocycles. The molecule has 1 aliphatic rings. The van der Waals surface area contributed by atoms with E-state index in [9.17, 15) is 4.79 Å². The van der Waals surface area contributed by atoms with Crippen LogP contribution in [0.4, 0.5) is 10.9 Å². The van der Waals surface area contributed by atoms with E-state index in [-0.39, 0.29) is 11.9 Å². The zero-order valence-electron chi connectivity index (χ0n) is 13.2. The highest BCUT2D eigenvalue weighted by atomic mass is 32.1. The van der Waals surface area contributed by atoms with Crippen LogP contribution in [-0.2, 0) is 0 Å². The number of nitrogens with one attached hydrogen (secondary N) is 1. The molecule has 2 unspecified atom stereocenters. The van der Waals surface area contributed by atoms with Crippen LogP contribution in [0.25, 0.3) is 0 Å². The second kappa shape index (κ2) is 7.11. The molecule has 1 aromatic heterocycles. The highest BCUT2D eigenvalue weighted by Crippen LogP contribution is 2.28. The van der Waals surface area contributed by atoms with Gasteiger partial charge in [0.15, 0.2) is 5.13 Å².